The highest BCUT2D eigenvalue weighted by atomic mass is 35.5. The van der Waals surface area contributed by atoms with Crippen molar-refractivity contribution in [2.45, 2.75) is 19.9 Å². The molecule has 2 aromatic carbocycles. The summed E-state index contributed by atoms with van der Waals surface area (Å²) in [6, 6.07) is 16.3. The predicted molar refractivity (Wildman–Crippen MR) is 133 cm³/mol. The Morgan fingerprint density at radius 3 is 2.62 bits per heavy atom. The van der Waals surface area contributed by atoms with Crippen molar-refractivity contribution in [1.82, 2.24) is 15.5 Å². The summed E-state index contributed by atoms with van der Waals surface area (Å²) < 4.78 is 11.0. The molecule has 0 spiro atoms. The highest BCUT2D eigenvalue weighted by molar-refractivity contribution is 7.13. The second-order valence-corrected chi connectivity index (χ2v) is 9.20. The van der Waals surface area contributed by atoms with Crippen molar-refractivity contribution >= 4 is 40.2 Å². The topological polar surface area (TPSA) is 80.5 Å². The number of rotatable bonds is 5. The van der Waals surface area contributed by atoms with E-state index in [4.69, 9.17) is 20.9 Å². The number of ether oxygens (including phenoxy) is 1. The number of nitrogens with zero attached hydrogens (tertiary/aromatic N) is 3. The van der Waals surface area contributed by atoms with E-state index in [0.29, 0.717) is 39.4 Å². The molecule has 0 aliphatic carbocycles. The van der Waals surface area contributed by atoms with Crippen LogP contribution in [0.1, 0.15) is 30.0 Å². The van der Waals surface area contributed by atoms with Gasteiger partial charge in [-0.25, -0.2) is 4.79 Å². The van der Waals surface area contributed by atoms with Gasteiger partial charge in [0.1, 0.15) is 5.75 Å². The lowest BCUT2D eigenvalue weighted by atomic mass is 9.94. The first-order valence-electron chi connectivity index (χ1n) is 10.6. The Kier molecular flexibility index (Phi) is 5.85. The number of halogens is 1. The number of aryl methyl sites for hydroxylation is 1. The third-order valence-corrected chi connectivity index (χ3v) is 6.85. The fraction of sp³-hybridized carbons (Fsp3) is 0.160. The maximum Gasteiger partial charge on any atom is 0.326 e. The number of allylic oxidation sites excluding steroid dienone is 1. The molecule has 0 radical (unpaired) electrons. The van der Waals surface area contributed by atoms with E-state index in [2.05, 4.69) is 15.5 Å². The second kappa shape index (κ2) is 8.96. The van der Waals surface area contributed by atoms with Gasteiger partial charge in [-0.15, -0.1) is 11.3 Å². The minimum absolute atomic E-state index is 0.286. The maximum absolute atomic E-state index is 13.3. The number of hydrogen-bond donors (Lipinski definition) is 1. The second-order valence-electron chi connectivity index (χ2n) is 7.85. The monoisotopic (exact) mass is 492 g/mol. The van der Waals surface area contributed by atoms with Gasteiger partial charge in [0, 0.05) is 5.70 Å². The predicted octanol–water partition coefficient (Wildman–Crippen LogP) is 6.47. The van der Waals surface area contributed by atoms with Gasteiger partial charge in [-0.3, -0.25) is 4.90 Å². The zero-order chi connectivity index (χ0) is 23.8. The molecule has 5 rings (SSSR count). The van der Waals surface area contributed by atoms with Gasteiger partial charge in [0.25, 0.3) is 5.89 Å². The Morgan fingerprint density at radius 1 is 1.15 bits per heavy atom. The number of benzene rings is 2. The molecule has 1 aliphatic rings. The smallest absolute Gasteiger partial charge is 0.326 e. The first-order chi connectivity index (χ1) is 16.5. The molecular formula is C25H21ClN4O3S. The summed E-state index contributed by atoms with van der Waals surface area (Å²) in [5.74, 6) is 1.37. The maximum atomic E-state index is 13.3. The number of thiophene rings is 1. The average Bonchev–Trinajstić information content (AvgIpc) is 3.52. The standard InChI is InChI=1S/C25H21ClN4O3S/c1-14-6-8-16(9-7-14)22-21(24-28-23(29-33-24)20-5-4-12-34-20)15(2)30(25(31)27-22)17-10-11-19(32-3)18(26)13-17/h4-13,22H,1-3H3,(H,27,31). The third kappa shape index (κ3) is 3.95. The average molecular weight is 493 g/mol. The molecule has 0 saturated heterocycles. The normalized spacial score (nSPS) is 16.1. The molecule has 1 unspecified atom stereocenters. The van der Waals surface area contributed by atoms with Gasteiger partial charge in [0.05, 0.1) is 34.3 Å². The van der Waals surface area contributed by atoms with Crippen LogP contribution in [0.5, 0.6) is 5.75 Å². The molecule has 0 fully saturated rings. The Balaban J connectivity index is 1.66. The van der Waals surface area contributed by atoms with Crippen LogP contribution in [-0.4, -0.2) is 23.3 Å². The van der Waals surface area contributed by atoms with Crippen molar-refractivity contribution in [2.24, 2.45) is 0 Å². The van der Waals surface area contributed by atoms with Gasteiger partial charge in [-0.2, -0.15) is 4.98 Å². The highest BCUT2D eigenvalue weighted by Gasteiger charge is 2.36. The number of nitrogens with one attached hydrogen (secondary N) is 1. The SMILES string of the molecule is COc1ccc(N2C(=O)NC(c3ccc(C)cc3)C(c3nc(-c4cccs4)no3)=C2C)cc1Cl. The zero-order valence-corrected chi connectivity index (χ0v) is 20.3. The van der Waals surface area contributed by atoms with E-state index in [1.54, 1.807) is 30.2 Å². The largest absolute Gasteiger partial charge is 0.495 e. The number of aromatic nitrogens is 2. The summed E-state index contributed by atoms with van der Waals surface area (Å²) in [7, 11) is 1.55. The number of carbonyl (C=O) groups is 1. The van der Waals surface area contributed by atoms with E-state index in [0.717, 1.165) is 16.0 Å². The molecule has 7 nitrogen and oxygen atoms in total. The fourth-order valence-corrected chi connectivity index (χ4v) is 4.87. The van der Waals surface area contributed by atoms with Crippen molar-refractivity contribution in [3.8, 4) is 16.5 Å². The van der Waals surface area contributed by atoms with Gasteiger partial charge in [0.2, 0.25) is 5.82 Å². The van der Waals surface area contributed by atoms with Gasteiger partial charge in [-0.05, 0) is 49.1 Å². The molecule has 2 amide bonds. The number of urea groups is 1. The van der Waals surface area contributed by atoms with E-state index in [1.165, 1.54) is 11.3 Å². The first kappa shape index (κ1) is 22.2. The summed E-state index contributed by atoms with van der Waals surface area (Å²) in [6.45, 7) is 3.88. The number of hydrogen-bond acceptors (Lipinski definition) is 6. The molecule has 4 aromatic rings. The van der Waals surface area contributed by atoms with Gasteiger partial charge in [-0.1, -0.05) is 52.7 Å². The molecule has 0 saturated carbocycles. The minimum Gasteiger partial charge on any atom is -0.495 e. The Labute approximate surface area is 205 Å². The lowest BCUT2D eigenvalue weighted by molar-refractivity contribution is 0.244. The molecule has 1 N–H and O–H groups in total. The van der Waals surface area contributed by atoms with Crippen molar-refractivity contribution in [1.29, 1.82) is 0 Å². The van der Waals surface area contributed by atoms with Crippen LogP contribution in [0.25, 0.3) is 16.3 Å². The van der Waals surface area contributed by atoms with E-state index >= 15 is 0 Å². The van der Waals surface area contributed by atoms with Gasteiger partial charge >= 0.3 is 6.03 Å². The molecular weight excluding hydrogens is 472 g/mol. The molecule has 34 heavy (non-hydrogen) atoms. The molecule has 172 valence electrons. The van der Waals surface area contributed by atoms with Gasteiger partial charge in [0.15, 0.2) is 0 Å². The van der Waals surface area contributed by atoms with Crippen LogP contribution < -0.4 is 15.0 Å². The quantitative estimate of drug-likeness (QED) is 0.345. The lowest BCUT2D eigenvalue weighted by Gasteiger charge is -2.35. The number of anilines is 1. The van der Waals surface area contributed by atoms with E-state index in [9.17, 15) is 4.79 Å². The van der Waals surface area contributed by atoms with Crippen LogP contribution in [0.4, 0.5) is 10.5 Å². The summed E-state index contributed by atoms with van der Waals surface area (Å²) in [5, 5.41) is 9.65. The molecule has 1 aliphatic heterocycles. The van der Waals surface area contributed by atoms with E-state index in [-0.39, 0.29) is 6.03 Å². The summed E-state index contributed by atoms with van der Waals surface area (Å²) in [5.41, 5.74) is 4.01. The Hall–Kier alpha value is -3.62. The van der Waals surface area contributed by atoms with Gasteiger partial charge < -0.3 is 14.6 Å². The summed E-state index contributed by atoms with van der Waals surface area (Å²) in [4.78, 5) is 20.5. The molecule has 0 bridgehead atoms. The fourth-order valence-electron chi connectivity index (χ4n) is 3.97. The van der Waals surface area contributed by atoms with Crippen LogP contribution >= 0.6 is 22.9 Å². The zero-order valence-electron chi connectivity index (χ0n) is 18.7. The molecule has 1 atom stereocenters. The first-order valence-corrected chi connectivity index (χ1v) is 11.8. The highest BCUT2D eigenvalue weighted by Crippen LogP contribution is 2.40. The van der Waals surface area contributed by atoms with Crippen molar-refractivity contribution in [2.75, 3.05) is 12.0 Å². The molecule has 2 aromatic heterocycles. The Bertz CT molecular complexity index is 1380. The van der Waals surface area contributed by atoms with Crippen molar-refractivity contribution in [3.05, 3.63) is 87.7 Å². The summed E-state index contributed by atoms with van der Waals surface area (Å²) >= 11 is 7.89. The van der Waals surface area contributed by atoms with Crippen molar-refractivity contribution in [3.63, 3.8) is 0 Å². The van der Waals surface area contributed by atoms with Crippen LogP contribution in [0.15, 0.2) is 70.2 Å². The van der Waals surface area contributed by atoms with Crippen LogP contribution in [0, 0.1) is 6.92 Å². The lowest BCUT2D eigenvalue weighted by Crippen LogP contribution is -2.46. The Morgan fingerprint density at radius 2 is 1.94 bits per heavy atom. The minimum atomic E-state index is -0.463. The summed E-state index contributed by atoms with van der Waals surface area (Å²) in [6.07, 6.45) is 0. The van der Waals surface area contributed by atoms with Crippen LogP contribution in [-0.2, 0) is 0 Å². The number of carbonyl (C=O) groups excluding carboxylic acids is 1. The van der Waals surface area contributed by atoms with Crippen molar-refractivity contribution < 1.29 is 14.1 Å². The molecule has 3 heterocycles. The molecule has 9 heteroatoms. The van der Waals surface area contributed by atoms with E-state index in [1.807, 2.05) is 55.6 Å². The number of amides is 2. The third-order valence-electron chi connectivity index (χ3n) is 5.69. The number of methoxy groups -OCH3 is 1. The van der Waals surface area contributed by atoms with Crippen LogP contribution in [0.3, 0.4) is 0 Å². The van der Waals surface area contributed by atoms with E-state index < -0.39 is 6.04 Å². The van der Waals surface area contributed by atoms with Crippen LogP contribution in [0.2, 0.25) is 5.02 Å².